The Bertz CT molecular complexity index is 1270. The molecule has 1 aromatic carbocycles. The molecule has 2 aliphatic heterocycles. The highest BCUT2D eigenvalue weighted by atomic mass is 16.2. The van der Waals surface area contributed by atoms with Gasteiger partial charge >= 0.3 is 0 Å². The van der Waals surface area contributed by atoms with Gasteiger partial charge in [-0.2, -0.15) is 0 Å². The lowest BCUT2D eigenvalue weighted by Gasteiger charge is -2.35. The van der Waals surface area contributed by atoms with Crippen LogP contribution in [-0.4, -0.2) is 49.3 Å². The van der Waals surface area contributed by atoms with Gasteiger partial charge in [0.1, 0.15) is 0 Å². The van der Waals surface area contributed by atoms with E-state index < -0.39 is 0 Å². The molecule has 1 unspecified atom stereocenters. The van der Waals surface area contributed by atoms with Crippen molar-refractivity contribution in [3.8, 4) is 0 Å². The lowest BCUT2D eigenvalue weighted by molar-refractivity contribution is -0.129. The van der Waals surface area contributed by atoms with Gasteiger partial charge in [-0.05, 0) is 38.3 Å². The van der Waals surface area contributed by atoms with E-state index in [-0.39, 0.29) is 30.0 Å². The molecule has 2 amide bonds. The third kappa shape index (κ3) is 3.49. The summed E-state index contributed by atoms with van der Waals surface area (Å²) in [7, 11) is 0. The van der Waals surface area contributed by atoms with Gasteiger partial charge in [0.15, 0.2) is 5.65 Å². The second-order valence-corrected chi connectivity index (χ2v) is 8.82. The Labute approximate surface area is 185 Å². The van der Waals surface area contributed by atoms with E-state index in [2.05, 4.69) is 5.10 Å². The van der Waals surface area contributed by atoms with Crippen molar-refractivity contribution in [1.82, 2.24) is 24.4 Å². The van der Waals surface area contributed by atoms with Crippen molar-refractivity contribution in [1.29, 1.82) is 0 Å². The summed E-state index contributed by atoms with van der Waals surface area (Å²) in [6.07, 6.45) is 3.38. The SMILES string of the molecule is CC(=O)N1CCc2nc3cc(C4CCCCN4C(=O)c4cccc(C)c4)[nH]n3c(=O)c2C1. The number of benzene rings is 1. The standard InChI is InChI=1S/C24H27N5O3/c1-15-6-5-7-17(12-15)23(31)28-10-4-3-8-21(28)20-13-22-25-19-9-11-27(16(2)30)14-18(19)24(32)29(22)26-20/h5-7,12-13,21,26H,3-4,8-11,14H2,1-2H3. The van der Waals surface area contributed by atoms with Crippen molar-refractivity contribution in [2.75, 3.05) is 13.1 Å². The smallest absolute Gasteiger partial charge is 0.277 e. The van der Waals surface area contributed by atoms with Gasteiger partial charge in [0, 0.05) is 38.1 Å². The summed E-state index contributed by atoms with van der Waals surface area (Å²) in [5.74, 6) is -0.0337. The molecule has 1 saturated heterocycles. The van der Waals surface area contributed by atoms with Crippen molar-refractivity contribution in [3.05, 3.63) is 68.8 Å². The minimum atomic E-state index is -0.172. The topological polar surface area (TPSA) is 90.8 Å². The van der Waals surface area contributed by atoms with Crippen LogP contribution in [0, 0.1) is 6.92 Å². The summed E-state index contributed by atoms with van der Waals surface area (Å²) in [5, 5.41) is 3.22. The van der Waals surface area contributed by atoms with E-state index in [0.717, 1.165) is 36.2 Å². The predicted octanol–water partition coefficient (Wildman–Crippen LogP) is 2.60. The van der Waals surface area contributed by atoms with Crippen LogP contribution in [0.2, 0.25) is 0 Å². The monoisotopic (exact) mass is 433 g/mol. The first-order chi connectivity index (χ1) is 15.4. The molecule has 0 bridgehead atoms. The highest BCUT2D eigenvalue weighted by Gasteiger charge is 2.31. The van der Waals surface area contributed by atoms with Crippen molar-refractivity contribution >= 4 is 17.5 Å². The average Bonchev–Trinajstić information content (AvgIpc) is 3.23. The van der Waals surface area contributed by atoms with Gasteiger partial charge in [-0.3, -0.25) is 19.5 Å². The highest BCUT2D eigenvalue weighted by molar-refractivity contribution is 5.94. The number of nitrogens with zero attached hydrogens (tertiary/aromatic N) is 4. The fourth-order valence-corrected chi connectivity index (χ4v) is 4.88. The number of aromatic nitrogens is 3. The van der Waals surface area contributed by atoms with Crippen molar-refractivity contribution < 1.29 is 9.59 Å². The van der Waals surface area contributed by atoms with Crippen LogP contribution in [0.25, 0.3) is 5.65 Å². The lowest BCUT2D eigenvalue weighted by atomic mass is 9.98. The fraction of sp³-hybridized carbons (Fsp3) is 0.417. The molecule has 0 aliphatic carbocycles. The van der Waals surface area contributed by atoms with Crippen LogP contribution in [0.1, 0.15) is 65.1 Å². The van der Waals surface area contributed by atoms with E-state index in [0.29, 0.717) is 36.3 Å². The molecule has 2 aliphatic rings. The molecule has 4 heterocycles. The number of aromatic amines is 1. The fourth-order valence-electron chi connectivity index (χ4n) is 4.88. The second-order valence-electron chi connectivity index (χ2n) is 8.82. The van der Waals surface area contributed by atoms with Crippen LogP contribution < -0.4 is 5.56 Å². The summed E-state index contributed by atoms with van der Waals surface area (Å²) in [5.41, 5.74) is 4.27. The first-order valence-electron chi connectivity index (χ1n) is 11.2. The zero-order chi connectivity index (χ0) is 22.4. The normalized spacial score (nSPS) is 18.6. The van der Waals surface area contributed by atoms with Crippen molar-refractivity contribution in [3.63, 3.8) is 0 Å². The zero-order valence-corrected chi connectivity index (χ0v) is 18.4. The molecule has 5 rings (SSSR count). The number of amides is 2. The summed E-state index contributed by atoms with van der Waals surface area (Å²) in [6.45, 7) is 5.04. The van der Waals surface area contributed by atoms with Gasteiger partial charge < -0.3 is 9.80 Å². The Balaban J connectivity index is 1.52. The number of hydrogen-bond acceptors (Lipinski definition) is 4. The maximum absolute atomic E-state index is 13.3. The number of carbonyl (C=O) groups excluding carboxylic acids is 2. The van der Waals surface area contributed by atoms with E-state index in [1.807, 2.05) is 42.2 Å². The van der Waals surface area contributed by atoms with E-state index >= 15 is 0 Å². The quantitative estimate of drug-likeness (QED) is 0.673. The molecule has 32 heavy (non-hydrogen) atoms. The Morgan fingerprint density at radius 2 is 2.00 bits per heavy atom. The van der Waals surface area contributed by atoms with Crippen molar-refractivity contribution in [2.24, 2.45) is 0 Å². The van der Waals surface area contributed by atoms with Crippen LogP contribution in [0.4, 0.5) is 0 Å². The first-order valence-corrected chi connectivity index (χ1v) is 11.2. The molecule has 8 heteroatoms. The van der Waals surface area contributed by atoms with Crippen LogP contribution in [0.3, 0.4) is 0 Å². The summed E-state index contributed by atoms with van der Waals surface area (Å²) in [6, 6.07) is 9.42. The van der Waals surface area contributed by atoms with E-state index in [9.17, 15) is 14.4 Å². The lowest BCUT2D eigenvalue weighted by Crippen LogP contribution is -2.39. The minimum Gasteiger partial charge on any atom is -0.338 e. The first kappa shape index (κ1) is 20.5. The van der Waals surface area contributed by atoms with Gasteiger partial charge in [0.2, 0.25) is 5.91 Å². The maximum atomic E-state index is 13.3. The molecule has 0 saturated carbocycles. The van der Waals surface area contributed by atoms with E-state index in [1.54, 1.807) is 4.90 Å². The molecule has 8 nitrogen and oxygen atoms in total. The van der Waals surface area contributed by atoms with E-state index in [4.69, 9.17) is 4.98 Å². The Morgan fingerprint density at radius 3 is 2.78 bits per heavy atom. The molecule has 166 valence electrons. The summed E-state index contributed by atoms with van der Waals surface area (Å²) >= 11 is 0. The van der Waals surface area contributed by atoms with Gasteiger partial charge in [0.25, 0.3) is 11.5 Å². The van der Waals surface area contributed by atoms with Gasteiger partial charge in [-0.15, -0.1) is 0 Å². The average molecular weight is 434 g/mol. The number of H-pyrrole nitrogens is 1. The molecule has 2 aromatic heterocycles. The number of nitrogens with one attached hydrogen (secondary N) is 1. The Morgan fingerprint density at radius 1 is 1.16 bits per heavy atom. The molecule has 0 radical (unpaired) electrons. The van der Waals surface area contributed by atoms with Gasteiger partial charge in [0.05, 0.1) is 29.5 Å². The molecular weight excluding hydrogens is 406 g/mol. The number of likely N-dealkylation sites (tertiary alicyclic amines) is 1. The molecular formula is C24H27N5O3. The molecule has 1 N–H and O–H groups in total. The van der Waals surface area contributed by atoms with Gasteiger partial charge in [-0.25, -0.2) is 9.50 Å². The third-order valence-electron chi connectivity index (χ3n) is 6.61. The number of piperidine rings is 1. The van der Waals surface area contributed by atoms with Crippen molar-refractivity contribution in [2.45, 2.75) is 52.1 Å². The Kier molecular flexibility index (Phi) is 5.07. The van der Waals surface area contributed by atoms with Gasteiger partial charge in [-0.1, -0.05) is 17.7 Å². The maximum Gasteiger partial charge on any atom is 0.277 e. The second kappa shape index (κ2) is 7.93. The van der Waals surface area contributed by atoms with E-state index in [1.165, 1.54) is 11.4 Å². The highest BCUT2D eigenvalue weighted by Crippen LogP contribution is 2.32. The molecule has 3 aromatic rings. The molecule has 1 atom stereocenters. The number of rotatable bonds is 2. The molecule has 0 spiro atoms. The summed E-state index contributed by atoms with van der Waals surface area (Å²) < 4.78 is 1.46. The molecule has 1 fully saturated rings. The van der Waals surface area contributed by atoms with Crippen LogP contribution in [-0.2, 0) is 17.8 Å². The Hall–Kier alpha value is -3.42. The summed E-state index contributed by atoms with van der Waals surface area (Å²) in [4.78, 5) is 46.6. The van der Waals surface area contributed by atoms with Crippen LogP contribution >= 0.6 is 0 Å². The number of aryl methyl sites for hydroxylation is 1. The largest absolute Gasteiger partial charge is 0.338 e. The van der Waals surface area contributed by atoms with Crippen LogP contribution in [0.15, 0.2) is 35.1 Å². The number of carbonyl (C=O) groups is 2. The number of hydrogen-bond donors (Lipinski definition) is 1. The predicted molar refractivity (Wildman–Crippen MR) is 119 cm³/mol. The number of fused-ring (bicyclic) bond motifs is 2. The zero-order valence-electron chi connectivity index (χ0n) is 18.4. The van der Waals surface area contributed by atoms with Crippen LogP contribution in [0.5, 0.6) is 0 Å². The minimum absolute atomic E-state index is 0.00811. The third-order valence-corrected chi connectivity index (χ3v) is 6.61.